The highest BCUT2D eigenvalue weighted by Crippen LogP contribution is 2.41. The van der Waals surface area contributed by atoms with E-state index in [-0.39, 0.29) is 10.6 Å². The molecule has 0 amide bonds. The van der Waals surface area contributed by atoms with Crippen molar-refractivity contribution >= 4 is 37.6 Å². The topological polar surface area (TPSA) is 49.8 Å². The van der Waals surface area contributed by atoms with Crippen molar-refractivity contribution in [1.82, 2.24) is 4.98 Å². The molecule has 0 fully saturated rings. The predicted molar refractivity (Wildman–Crippen MR) is 145 cm³/mol. The summed E-state index contributed by atoms with van der Waals surface area (Å²) in [5.41, 5.74) is 6.96. The second-order valence-electron chi connectivity index (χ2n) is 10.4. The van der Waals surface area contributed by atoms with Crippen molar-refractivity contribution in [2.24, 2.45) is 5.41 Å². The molecule has 5 aromatic rings. The molecule has 164 valence electrons. The van der Waals surface area contributed by atoms with Crippen molar-refractivity contribution in [3.8, 4) is 28.5 Å². The van der Waals surface area contributed by atoms with E-state index in [1.54, 1.807) is 0 Å². The van der Waals surface area contributed by atoms with Crippen molar-refractivity contribution < 1.29 is 4.42 Å². The summed E-state index contributed by atoms with van der Waals surface area (Å²) in [6.07, 6.45) is 1.88. The molecule has 2 heterocycles. The van der Waals surface area contributed by atoms with Crippen LogP contribution in [0.2, 0.25) is 0 Å². The Morgan fingerprint density at radius 1 is 0.824 bits per heavy atom. The van der Waals surface area contributed by atoms with Gasteiger partial charge in [0, 0.05) is 28.1 Å². The molecule has 5 rings (SSSR count). The Morgan fingerprint density at radius 3 is 2.26 bits per heavy atom. The van der Waals surface area contributed by atoms with Crippen LogP contribution in [0.5, 0.6) is 0 Å². The van der Waals surface area contributed by atoms with Crippen LogP contribution in [-0.2, 0) is 5.21 Å². The minimum Gasteiger partial charge on any atom is -0.454 e. The molecule has 0 aliphatic rings. The first kappa shape index (κ1) is 22.0. The molecule has 0 spiro atoms. The van der Waals surface area contributed by atoms with Gasteiger partial charge in [-0.2, -0.15) is 5.26 Å². The van der Waals surface area contributed by atoms with Gasteiger partial charge < -0.3 is 4.42 Å². The molecular weight excluding hydrogens is 414 g/mol. The van der Waals surface area contributed by atoms with E-state index in [1.165, 1.54) is 5.56 Å². The first-order valence-corrected chi connectivity index (χ1v) is 11.6. The van der Waals surface area contributed by atoms with Crippen LogP contribution in [0, 0.1) is 16.7 Å². The zero-order valence-corrected chi connectivity index (χ0v) is 20.3. The average Bonchev–Trinajstić information content (AvgIpc) is 3.22. The number of aromatic nitrogens is 1. The van der Waals surface area contributed by atoms with Crippen LogP contribution in [0.15, 0.2) is 83.4 Å². The second kappa shape index (κ2) is 7.92. The van der Waals surface area contributed by atoms with Gasteiger partial charge in [0.15, 0.2) is 5.58 Å². The van der Waals surface area contributed by atoms with Crippen molar-refractivity contribution in [3.63, 3.8) is 0 Å². The van der Waals surface area contributed by atoms with Crippen molar-refractivity contribution in [2.75, 3.05) is 0 Å². The van der Waals surface area contributed by atoms with Crippen molar-refractivity contribution in [1.29, 1.82) is 5.26 Å². The second-order valence-corrected chi connectivity index (χ2v) is 10.4. The predicted octanol–water partition coefficient (Wildman–Crippen LogP) is 5.65. The van der Waals surface area contributed by atoms with E-state index in [9.17, 15) is 5.26 Å². The van der Waals surface area contributed by atoms with E-state index in [0.29, 0.717) is 11.1 Å². The molecule has 3 nitrogen and oxygen atoms in total. The Bertz CT molecular complexity index is 1570. The number of nitrogens with zero attached hydrogens (tertiary/aromatic N) is 2. The number of fused-ring (bicyclic) bond motifs is 3. The first-order valence-electron chi connectivity index (χ1n) is 11.6. The van der Waals surface area contributed by atoms with Crippen molar-refractivity contribution in [3.05, 3.63) is 90.1 Å². The summed E-state index contributed by atoms with van der Waals surface area (Å²) in [7, 11) is 4.55. The monoisotopic (exact) mass is 440 g/mol. The Labute approximate surface area is 202 Å². The molecule has 0 radical (unpaired) electrons. The Kier molecular flexibility index (Phi) is 5.14. The number of hydrogen-bond acceptors (Lipinski definition) is 3. The molecule has 3 aromatic carbocycles. The van der Waals surface area contributed by atoms with Crippen LogP contribution in [0.1, 0.15) is 31.9 Å². The Balaban J connectivity index is 1.74. The van der Waals surface area contributed by atoms with E-state index in [1.807, 2.05) is 54.7 Å². The van der Waals surface area contributed by atoms with Gasteiger partial charge >= 0.3 is 0 Å². The van der Waals surface area contributed by atoms with E-state index in [4.69, 9.17) is 9.40 Å². The maximum Gasteiger partial charge on any atom is 0.153 e. The number of hydrogen-bond donors (Lipinski definition) is 0. The third-order valence-corrected chi connectivity index (χ3v) is 7.50. The standard InChI is InChI=1S/C29H26B2N2O/c1-28(2,3)29(30,31)19-14-15-33-25(16-19)23-11-7-10-21-22-13-12-20(18-8-5-4-6-9-18)24(17-32)27(22)34-26(21)23/h4-16H,30-31H2,1-3H3. The maximum absolute atomic E-state index is 10.1. The lowest BCUT2D eigenvalue weighted by molar-refractivity contribution is 0.358. The lowest BCUT2D eigenvalue weighted by atomic mass is 9.41. The number of rotatable bonds is 3. The van der Waals surface area contributed by atoms with E-state index < -0.39 is 0 Å². The zero-order valence-electron chi connectivity index (χ0n) is 20.3. The summed E-state index contributed by atoms with van der Waals surface area (Å²) < 4.78 is 6.45. The summed E-state index contributed by atoms with van der Waals surface area (Å²) in [6.45, 7) is 6.79. The number of furan rings is 1. The van der Waals surface area contributed by atoms with Gasteiger partial charge in [-0.15, -0.1) is 0 Å². The van der Waals surface area contributed by atoms with Crippen LogP contribution in [0.25, 0.3) is 44.3 Å². The smallest absolute Gasteiger partial charge is 0.153 e. The molecule has 0 N–H and O–H groups in total. The number of benzene rings is 3. The number of para-hydroxylation sites is 1. The zero-order chi connectivity index (χ0) is 24.1. The van der Waals surface area contributed by atoms with Gasteiger partial charge in [0.2, 0.25) is 0 Å². The third kappa shape index (κ3) is 3.42. The number of pyridine rings is 1. The molecule has 0 atom stereocenters. The van der Waals surface area contributed by atoms with E-state index >= 15 is 0 Å². The fourth-order valence-corrected chi connectivity index (χ4v) is 4.43. The largest absolute Gasteiger partial charge is 0.454 e. The molecular formula is C29H26B2N2O. The highest BCUT2D eigenvalue weighted by Gasteiger charge is 2.34. The van der Waals surface area contributed by atoms with Gasteiger partial charge in [0.05, 0.1) is 5.69 Å². The highest BCUT2D eigenvalue weighted by molar-refractivity contribution is 6.40. The van der Waals surface area contributed by atoms with E-state index in [2.05, 4.69) is 66.8 Å². The number of nitriles is 1. The molecule has 0 aliphatic carbocycles. The normalized spacial score (nSPS) is 12.2. The minimum absolute atomic E-state index is 0.0367. The van der Waals surface area contributed by atoms with Crippen LogP contribution in [0.3, 0.4) is 0 Å². The highest BCUT2D eigenvalue weighted by atomic mass is 16.3. The van der Waals surface area contributed by atoms with Crippen LogP contribution < -0.4 is 0 Å². The third-order valence-electron chi connectivity index (χ3n) is 7.50. The molecule has 5 heteroatoms. The fraction of sp³-hybridized carbons (Fsp3) is 0.172. The van der Waals surface area contributed by atoms with E-state index in [0.717, 1.165) is 38.7 Å². The van der Waals surface area contributed by atoms with Gasteiger partial charge in [-0.3, -0.25) is 4.98 Å². The quantitative estimate of drug-likeness (QED) is 0.341. The van der Waals surface area contributed by atoms with Crippen molar-refractivity contribution in [2.45, 2.75) is 26.0 Å². The molecule has 0 saturated heterocycles. The lowest BCUT2D eigenvalue weighted by Gasteiger charge is -2.40. The summed E-state index contributed by atoms with van der Waals surface area (Å²) in [5, 5.41) is 12.0. The first-order chi connectivity index (χ1) is 16.2. The molecule has 0 aliphatic heterocycles. The lowest BCUT2D eigenvalue weighted by Crippen LogP contribution is -2.41. The molecule has 0 bridgehead atoms. The van der Waals surface area contributed by atoms with Gasteiger partial charge in [0.1, 0.15) is 32.9 Å². The van der Waals surface area contributed by atoms with Crippen LogP contribution >= 0.6 is 0 Å². The average molecular weight is 440 g/mol. The molecule has 2 aromatic heterocycles. The van der Waals surface area contributed by atoms with Gasteiger partial charge in [-0.05, 0) is 35.2 Å². The maximum atomic E-state index is 10.1. The fourth-order valence-electron chi connectivity index (χ4n) is 4.43. The SMILES string of the molecule is BC(B)(c1ccnc(-c2cccc3c2oc2c(C#N)c(-c4ccccc4)ccc23)c1)C(C)(C)C. The molecule has 0 saturated carbocycles. The Hall–Kier alpha value is -3.77. The summed E-state index contributed by atoms with van der Waals surface area (Å²) >= 11 is 0. The molecule has 0 unspecified atom stereocenters. The van der Waals surface area contributed by atoms with Gasteiger partial charge in [0.25, 0.3) is 0 Å². The summed E-state index contributed by atoms with van der Waals surface area (Å²) in [4.78, 5) is 4.71. The minimum atomic E-state index is -0.0367. The summed E-state index contributed by atoms with van der Waals surface area (Å²) in [5.74, 6) is 0. The Morgan fingerprint density at radius 2 is 1.56 bits per heavy atom. The molecule has 34 heavy (non-hydrogen) atoms. The van der Waals surface area contributed by atoms with Crippen LogP contribution in [0.4, 0.5) is 0 Å². The van der Waals surface area contributed by atoms with Crippen LogP contribution in [-0.4, -0.2) is 20.7 Å². The van der Waals surface area contributed by atoms with Gasteiger partial charge in [-0.1, -0.05) is 80.1 Å². The van der Waals surface area contributed by atoms with Gasteiger partial charge in [-0.25, -0.2) is 0 Å². The summed E-state index contributed by atoms with van der Waals surface area (Å²) in [6, 6.07) is 26.9.